The van der Waals surface area contributed by atoms with Gasteiger partial charge in [-0.25, -0.2) is 0 Å². The molecule has 0 amide bonds. The zero-order valence-electron chi connectivity index (χ0n) is 8.03. The van der Waals surface area contributed by atoms with E-state index in [1.807, 2.05) is 31.2 Å². The average Bonchev–Trinajstić information content (AvgIpc) is 2.65. The summed E-state index contributed by atoms with van der Waals surface area (Å²) in [6.45, 7) is 2.08. The Hall–Kier alpha value is -1.54. The minimum Gasteiger partial charge on any atom is -0.472 e. The maximum atomic E-state index is 9.01. The number of aryl methyl sites for hydroxylation is 1. The van der Waals surface area contributed by atoms with Gasteiger partial charge in [-0.2, -0.15) is 0 Å². The molecule has 0 radical (unpaired) electrons. The van der Waals surface area contributed by atoms with E-state index in [9.17, 15) is 0 Å². The molecule has 1 aromatic heterocycles. The van der Waals surface area contributed by atoms with Crippen LogP contribution < -0.4 is 0 Å². The highest BCUT2D eigenvalue weighted by Crippen LogP contribution is 2.24. The van der Waals surface area contributed by atoms with Crippen LogP contribution in [0.15, 0.2) is 41.2 Å². The zero-order chi connectivity index (χ0) is 9.97. The summed E-state index contributed by atoms with van der Waals surface area (Å²) in [5, 5.41) is 9.01. The quantitative estimate of drug-likeness (QED) is 0.786. The Morgan fingerprint density at radius 1 is 1.29 bits per heavy atom. The van der Waals surface area contributed by atoms with Crippen molar-refractivity contribution in [1.82, 2.24) is 0 Å². The molecule has 0 unspecified atom stereocenters. The van der Waals surface area contributed by atoms with Gasteiger partial charge < -0.3 is 9.52 Å². The van der Waals surface area contributed by atoms with Crippen molar-refractivity contribution in [1.29, 1.82) is 0 Å². The first-order valence-electron chi connectivity index (χ1n) is 4.54. The Morgan fingerprint density at radius 2 is 2.14 bits per heavy atom. The fourth-order valence-corrected chi connectivity index (χ4v) is 1.49. The molecular weight excluding hydrogens is 176 g/mol. The van der Waals surface area contributed by atoms with Crippen LogP contribution in [0.25, 0.3) is 11.1 Å². The van der Waals surface area contributed by atoms with Crippen LogP contribution in [0.3, 0.4) is 0 Å². The third-order valence-electron chi connectivity index (χ3n) is 2.28. The molecule has 0 saturated heterocycles. The molecule has 0 bridgehead atoms. The van der Waals surface area contributed by atoms with E-state index in [-0.39, 0.29) is 6.61 Å². The van der Waals surface area contributed by atoms with Crippen molar-refractivity contribution in [3.8, 4) is 11.1 Å². The number of aliphatic hydroxyl groups is 1. The second-order valence-electron chi connectivity index (χ2n) is 3.33. The van der Waals surface area contributed by atoms with Crippen LogP contribution in [0.4, 0.5) is 0 Å². The van der Waals surface area contributed by atoms with Crippen molar-refractivity contribution >= 4 is 0 Å². The predicted octanol–water partition coefficient (Wildman–Crippen LogP) is 2.75. The molecule has 0 saturated carbocycles. The molecule has 1 aromatic carbocycles. The number of benzene rings is 1. The number of hydrogen-bond donors (Lipinski definition) is 1. The zero-order valence-corrected chi connectivity index (χ0v) is 8.03. The molecule has 14 heavy (non-hydrogen) atoms. The van der Waals surface area contributed by atoms with Crippen LogP contribution in [-0.4, -0.2) is 5.11 Å². The van der Waals surface area contributed by atoms with E-state index >= 15 is 0 Å². The van der Waals surface area contributed by atoms with E-state index in [0.717, 1.165) is 22.3 Å². The smallest absolute Gasteiger partial charge is 0.0983 e. The topological polar surface area (TPSA) is 33.4 Å². The molecule has 1 heterocycles. The SMILES string of the molecule is Cc1cocc1-c1cccc(CO)c1. The van der Waals surface area contributed by atoms with Gasteiger partial charge in [0.25, 0.3) is 0 Å². The van der Waals surface area contributed by atoms with E-state index in [0.29, 0.717) is 0 Å². The lowest BCUT2D eigenvalue weighted by Gasteiger charge is -2.01. The molecule has 2 nitrogen and oxygen atoms in total. The molecular formula is C12H12O2. The summed E-state index contributed by atoms with van der Waals surface area (Å²) in [6.07, 6.45) is 3.45. The van der Waals surface area contributed by atoms with E-state index in [1.54, 1.807) is 12.5 Å². The van der Waals surface area contributed by atoms with Gasteiger partial charge in [0.15, 0.2) is 0 Å². The monoisotopic (exact) mass is 188 g/mol. The molecule has 0 aliphatic rings. The number of rotatable bonds is 2. The molecule has 72 valence electrons. The van der Waals surface area contributed by atoms with E-state index < -0.39 is 0 Å². The highest BCUT2D eigenvalue weighted by Gasteiger charge is 2.03. The Balaban J connectivity index is 2.47. The van der Waals surface area contributed by atoms with E-state index in [2.05, 4.69) is 0 Å². The highest BCUT2D eigenvalue weighted by molar-refractivity contribution is 5.66. The first kappa shape index (κ1) is 9.03. The van der Waals surface area contributed by atoms with Crippen LogP contribution in [0.2, 0.25) is 0 Å². The molecule has 0 spiro atoms. The highest BCUT2D eigenvalue weighted by atomic mass is 16.3. The first-order chi connectivity index (χ1) is 6.81. The van der Waals surface area contributed by atoms with Crippen LogP contribution in [0, 0.1) is 6.92 Å². The minimum atomic E-state index is 0.0741. The summed E-state index contributed by atoms with van der Waals surface area (Å²) < 4.78 is 5.11. The minimum absolute atomic E-state index is 0.0741. The summed E-state index contributed by atoms with van der Waals surface area (Å²) in [5.74, 6) is 0. The predicted molar refractivity (Wildman–Crippen MR) is 54.8 cm³/mol. The van der Waals surface area contributed by atoms with Gasteiger partial charge >= 0.3 is 0 Å². The lowest BCUT2D eigenvalue weighted by atomic mass is 10.0. The molecule has 0 aliphatic carbocycles. The maximum Gasteiger partial charge on any atom is 0.0983 e. The van der Waals surface area contributed by atoms with Crippen LogP contribution in [-0.2, 0) is 6.61 Å². The van der Waals surface area contributed by atoms with Crippen molar-refractivity contribution in [2.75, 3.05) is 0 Å². The largest absolute Gasteiger partial charge is 0.472 e. The fourth-order valence-electron chi connectivity index (χ4n) is 1.49. The van der Waals surface area contributed by atoms with Crippen molar-refractivity contribution in [2.45, 2.75) is 13.5 Å². The van der Waals surface area contributed by atoms with Gasteiger partial charge in [0.2, 0.25) is 0 Å². The van der Waals surface area contributed by atoms with Gasteiger partial charge in [-0.05, 0) is 29.7 Å². The lowest BCUT2D eigenvalue weighted by Crippen LogP contribution is -1.84. The van der Waals surface area contributed by atoms with Gasteiger partial charge in [-0.15, -0.1) is 0 Å². The van der Waals surface area contributed by atoms with Gasteiger partial charge in [0.1, 0.15) is 0 Å². The van der Waals surface area contributed by atoms with Gasteiger partial charge in [-0.3, -0.25) is 0 Å². The molecule has 0 atom stereocenters. The van der Waals surface area contributed by atoms with E-state index in [1.165, 1.54) is 0 Å². The number of furan rings is 1. The van der Waals surface area contributed by atoms with Crippen LogP contribution in [0.1, 0.15) is 11.1 Å². The Bertz CT molecular complexity index is 429. The standard InChI is InChI=1S/C12H12O2/c1-9-7-14-8-12(9)11-4-2-3-10(5-11)6-13/h2-5,7-8,13H,6H2,1H3. The summed E-state index contributed by atoms with van der Waals surface area (Å²) in [6, 6.07) is 7.82. The van der Waals surface area contributed by atoms with Crippen molar-refractivity contribution in [3.63, 3.8) is 0 Å². The van der Waals surface area contributed by atoms with Crippen molar-refractivity contribution in [3.05, 3.63) is 47.9 Å². The Labute approximate surface area is 82.8 Å². The second-order valence-corrected chi connectivity index (χ2v) is 3.33. The van der Waals surface area contributed by atoms with Gasteiger partial charge in [0, 0.05) is 5.56 Å². The van der Waals surface area contributed by atoms with Gasteiger partial charge in [-0.1, -0.05) is 18.2 Å². The first-order valence-corrected chi connectivity index (χ1v) is 4.54. The van der Waals surface area contributed by atoms with Crippen LogP contribution >= 0.6 is 0 Å². The molecule has 0 aliphatic heterocycles. The number of hydrogen-bond acceptors (Lipinski definition) is 2. The third kappa shape index (κ3) is 1.56. The second kappa shape index (κ2) is 3.68. The van der Waals surface area contributed by atoms with Gasteiger partial charge in [0.05, 0.1) is 19.1 Å². The summed E-state index contributed by atoms with van der Waals surface area (Å²) in [7, 11) is 0. The van der Waals surface area contributed by atoms with Crippen molar-refractivity contribution < 1.29 is 9.52 Å². The molecule has 2 aromatic rings. The molecule has 1 N–H and O–H groups in total. The summed E-state index contributed by atoms with van der Waals surface area (Å²) in [5.41, 5.74) is 4.20. The normalized spacial score (nSPS) is 10.4. The lowest BCUT2D eigenvalue weighted by molar-refractivity contribution is 0.282. The van der Waals surface area contributed by atoms with Crippen LogP contribution in [0.5, 0.6) is 0 Å². The molecule has 2 heteroatoms. The third-order valence-corrected chi connectivity index (χ3v) is 2.28. The van der Waals surface area contributed by atoms with E-state index in [4.69, 9.17) is 9.52 Å². The maximum absolute atomic E-state index is 9.01. The average molecular weight is 188 g/mol. The molecule has 0 fully saturated rings. The summed E-state index contributed by atoms with van der Waals surface area (Å²) in [4.78, 5) is 0. The molecule has 2 rings (SSSR count). The number of aliphatic hydroxyl groups excluding tert-OH is 1. The fraction of sp³-hybridized carbons (Fsp3) is 0.167. The Kier molecular flexibility index (Phi) is 2.37. The summed E-state index contributed by atoms with van der Waals surface area (Å²) >= 11 is 0. The Morgan fingerprint density at radius 3 is 2.79 bits per heavy atom. The van der Waals surface area contributed by atoms with Crippen molar-refractivity contribution in [2.24, 2.45) is 0 Å².